The first-order chi connectivity index (χ1) is 9.16. The second-order valence-electron chi connectivity index (χ2n) is 4.53. The molecule has 4 nitrogen and oxygen atoms in total. The topological polar surface area (TPSA) is 54.0 Å². The van der Waals surface area contributed by atoms with Gasteiger partial charge in [-0.25, -0.2) is 4.98 Å². The lowest BCUT2D eigenvalue weighted by Gasteiger charge is -2.22. The van der Waals surface area contributed by atoms with E-state index in [0.717, 1.165) is 6.07 Å². The van der Waals surface area contributed by atoms with E-state index in [0.29, 0.717) is 6.20 Å². The van der Waals surface area contributed by atoms with Gasteiger partial charge >= 0.3 is 6.18 Å². The summed E-state index contributed by atoms with van der Waals surface area (Å²) in [5, 5.41) is 5.04. The highest BCUT2D eigenvalue weighted by Gasteiger charge is 2.32. The number of aromatic nitrogens is 1. The Bertz CT molecular complexity index is 491. The van der Waals surface area contributed by atoms with Crippen LogP contribution in [0.25, 0.3) is 0 Å². The van der Waals surface area contributed by atoms with Crippen LogP contribution >= 0.6 is 11.6 Å². The predicted molar refractivity (Wildman–Crippen MR) is 70.6 cm³/mol. The van der Waals surface area contributed by atoms with Crippen molar-refractivity contribution in [2.24, 2.45) is 5.92 Å². The number of carbonyl (C=O) groups is 1. The molecule has 1 aromatic heterocycles. The summed E-state index contributed by atoms with van der Waals surface area (Å²) in [7, 11) is 1.47. The van der Waals surface area contributed by atoms with E-state index in [2.05, 4.69) is 15.6 Å². The van der Waals surface area contributed by atoms with Crippen LogP contribution in [0.4, 0.5) is 19.0 Å². The molecule has 0 spiro atoms. The molecule has 2 N–H and O–H groups in total. The van der Waals surface area contributed by atoms with Gasteiger partial charge < -0.3 is 10.6 Å². The summed E-state index contributed by atoms with van der Waals surface area (Å²) in [6.07, 6.45) is -3.83. The second-order valence-corrected chi connectivity index (χ2v) is 4.94. The van der Waals surface area contributed by atoms with Crippen LogP contribution in [0.1, 0.15) is 19.4 Å². The van der Waals surface area contributed by atoms with Gasteiger partial charge in [0.15, 0.2) is 0 Å². The van der Waals surface area contributed by atoms with Crippen LogP contribution < -0.4 is 10.6 Å². The quantitative estimate of drug-likeness (QED) is 0.899. The summed E-state index contributed by atoms with van der Waals surface area (Å²) in [5.74, 6) is -0.338. The van der Waals surface area contributed by atoms with E-state index in [1.54, 1.807) is 13.8 Å². The van der Waals surface area contributed by atoms with Crippen molar-refractivity contribution in [3.05, 3.63) is 22.8 Å². The third kappa shape index (κ3) is 4.00. The first-order valence-electron chi connectivity index (χ1n) is 5.87. The molecule has 0 radical (unpaired) electrons. The number of likely N-dealkylation sites (N-methyl/N-ethyl adjacent to an activating group) is 1. The minimum absolute atomic E-state index is 0.0435. The fourth-order valence-corrected chi connectivity index (χ4v) is 1.76. The molecule has 0 saturated carbocycles. The van der Waals surface area contributed by atoms with Gasteiger partial charge in [-0.15, -0.1) is 0 Å². The van der Waals surface area contributed by atoms with Crippen molar-refractivity contribution in [1.29, 1.82) is 0 Å². The minimum atomic E-state index is -4.51. The van der Waals surface area contributed by atoms with Gasteiger partial charge in [0.2, 0.25) is 5.91 Å². The number of halogens is 4. The molecular weight excluding hydrogens is 295 g/mol. The van der Waals surface area contributed by atoms with Gasteiger partial charge in [-0.2, -0.15) is 13.2 Å². The van der Waals surface area contributed by atoms with Crippen molar-refractivity contribution in [2.45, 2.75) is 26.1 Å². The molecular formula is C12H15ClF3N3O. The minimum Gasteiger partial charge on any atom is -0.357 e. The van der Waals surface area contributed by atoms with Gasteiger partial charge in [0, 0.05) is 13.2 Å². The number of nitrogens with zero attached hydrogens (tertiary/aromatic N) is 1. The van der Waals surface area contributed by atoms with E-state index in [-0.39, 0.29) is 22.7 Å². The normalized spacial score (nSPS) is 13.2. The van der Waals surface area contributed by atoms with Crippen LogP contribution in [0, 0.1) is 5.92 Å². The summed E-state index contributed by atoms with van der Waals surface area (Å²) in [4.78, 5) is 15.3. The zero-order chi connectivity index (χ0) is 15.5. The molecule has 112 valence electrons. The maximum Gasteiger partial charge on any atom is 0.417 e. The number of pyridine rings is 1. The maximum atomic E-state index is 12.5. The molecule has 1 rings (SSSR count). The third-order valence-electron chi connectivity index (χ3n) is 2.66. The van der Waals surface area contributed by atoms with Crippen molar-refractivity contribution in [1.82, 2.24) is 10.3 Å². The average Bonchev–Trinajstić information content (AvgIpc) is 2.34. The Balaban J connectivity index is 3.00. The lowest BCUT2D eigenvalue weighted by Crippen LogP contribution is -2.41. The highest BCUT2D eigenvalue weighted by Crippen LogP contribution is 2.32. The third-order valence-corrected chi connectivity index (χ3v) is 2.94. The summed E-state index contributed by atoms with van der Waals surface area (Å²) >= 11 is 5.78. The summed E-state index contributed by atoms with van der Waals surface area (Å²) in [6, 6.07) is 0.139. The Kier molecular flexibility index (Phi) is 5.21. The number of anilines is 1. The molecule has 1 amide bonds. The number of alkyl halides is 3. The summed E-state index contributed by atoms with van der Waals surface area (Å²) in [6.45, 7) is 3.59. The molecule has 1 aromatic rings. The Hall–Kier alpha value is -1.50. The van der Waals surface area contributed by atoms with Crippen molar-refractivity contribution in [3.8, 4) is 0 Å². The lowest BCUT2D eigenvalue weighted by molar-refractivity contribution is -0.137. The molecule has 0 bridgehead atoms. The van der Waals surface area contributed by atoms with Crippen molar-refractivity contribution in [3.63, 3.8) is 0 Å². The van der Waals surface area contributed by atoms with Crippen molar-refractivity contribution >= 4 is 23.3 Å². The van der Waals surface area contributed by atoms with Crippen LogP contribution in [0.5, 0.6) is 0 Å². The molecule has 0 aliphatic heterocycles. The number of rotatable bonds is 4. The highest BCUT2D eigenvalue weighted by molar-refractivity contribution is 6.33. The molecule has 0 saturated heterocycles. The molecule has 0 aliphatic carbocycles. The smallest absolute Gasteiger partial charge is 0.357 e. The fraction of sp³-hybridized carbons (Fsp3) is 0.500. The number of hydrogen-bond donors (Lipinski definition) is 2. The van der Waals surface area contributed by atoms with Gasteiger partial charge in [0.25, 0.3) is 0 Å². The van der Waals surface area contributed by atoms with Gasteiger partial charge in [0.05, 0.1) is 10.6 Å². The van der Waals surface area contributed by atoms with Gasteiger partial charge in [-0.3, -0.25) is 4.79 Å². The molecule has 1 unspecified atom stereocenters. The predicted octanol–water partition coefficient (Wildman–Crippen LogP) is 2.94. The molecule has 8 heteroatoms. The summed E-state index contributed by atoms with van der Waals surface area (Å²) in [5.41, 5.74) is -0.936. The second kappa shape index (κ2) is 6.30. The largest absolute Gasteiger partial charge is 0.417 e. The van der Waals surface area contributed by atoms with E-state index in [4.69, 9.17) is 11.6 Å². The lowest BCUT2D eigenvalue weighted by atomic mass is 10.0. The van der Waals surface area contributed by atoms with Crippen molar-refractivity contribution in [2.75, 3.05) is 12.4 Å². The van der Waals surface area contributed by atoms with Crippen molar-refractivity contribution < 1.29 is 18.0 Å². The van der Waals surface area contributed by atoms with Crippen LogP contribution in [0.3, 0.4) is 0 Å². The van der Waals surface area contributed by atoms with Crippen LogP contribution in [-0.4, -0.2) is 24.0 Å². The van der Waals surface area contributed by atoms with Crippen LogP contribution in [0.15, 0.2) is 12.3 Å². The van der Waals surface area contributed by atoms with E-state index in [1.807, 2.05) is 0 Å². The SMILES string of the molecule is CNC(=O)C(Nc1ncc(C(F)(F)F)cc1Cl)C(C)C. The van der Waals surface area contributed by atoms with Gasteiger partial charge in [-0.05, 0) is 12.0 Å². The first-order valence-corrected chi connectivity index (χ1v) is 6.25. The van der Waals surface area contributed by atoms with E-state index >= 15 is 0 Å². The first kappa shape index (κ1) is 16.6. The number of carbonyl (C=O) groups excluding carboxylic acids is 1. The van der Waals surface area contributed by atoms with E-state index < -0.39 is 17.8 Å². The van der Waals surface area contributed by atoms with Gasteiger partial charge in [0.1, 0.15) is 11.9 Å². The number of hydrogen-bond acceptors (Lipinski definition) is 3. The molecule has 0 fully saturated rings. The van der Waals surface area contributed by atoms with E-state index in [1.165, 1.54) is 7.05 Å². The zero-order valence-electron chi connectivity index (χ0n) is 11.2. The average molecular weight is 310 g/mol. The molecule has 1 heterocycles. The highest BCUT2D eigenvalue weighted by atomic mass is 35.5. The Morgan fingerprint density at radius 3 is 2.40 bits per heavy atom. The van der Waals surface area contributed by atoms with Gasteiger partial charge in [-0.1, -0.05) is 25.4 Å². The molecule has 1 atom stereocenters. The Labute approximate surface area is 119 Å². The maximum absolute atomic E-state index is 12.5. The molecule has 20 heavy (non-hydrogen) atoms. The molecule has 0 aliphatic rings. The fourth-order valence-electron chi connectivity index (χ4n) is 1.54. The molecule has 0 aromatic carbocycles. The Morgan fingerprint density at radius 1 is 1.40 bits per heavy atom. The number of amides is 1. The number of nitrogens with one attached hydrogen (secondary N) is 2. The van der Waals surface area contributed by atoms with Crippen LogP contribution in [-0.2, 0) is 11.0 Å². The summed E-state index contributed by atoms with van der Waals surface area (Å²) < 4.78 is 37.5. The van der Waals surface area contributed by atoms with E-state index in [9.17, 15) is 18.0 Å². The zero-order valence-corrected chi connectivity index (χ0v) is 11.9. The Morgan fingerprint density at radius 2 is 2.00 bits per heavy atom. The standard InChI is InChI=1S/C12H15ClF3N3O/c1-6(2)9(11(20)17-3)19-10-8(13)4-7(5-18-10)12(14,15)16/h4-6,9H,1-3H3,(H,17,20)(H,18,19). The monoisotopic (exact) mass is 309 g/mol. The van der Waals surface area contributed by atoms with Crippen LogP contribution in [0.2, 0.25) is 5.02 Å².